The molecule has 4 saturated carbocycles. The van der Waals surface area contributed by atoms with Crippen molar-refractivity contribution in [1.82, 2.24) is 9.55 Å². The summed E-state index contributed by atoms with van der Waals surface area (Å²) in [6.45, 7) is 2.01. The van der Waals surface area contributed by atoms with Gasteiger partial charge in [-0.05, 0) is 114 Å². The van der Waals surface area contributed by atoms with Gasteiger partial charge in [0.15, 0.2) is 0 Å². The molecule has 0 N–H and O–H groups in total. The van der Waals surface area contributed by atoms with E-state index in [0.717, 1.165) is 73.3 Å². The van der Waals surface area contributed by atoms with Gasteiger partial charge in [0.1, 0.15) is 5.82 Å². The first-order valence-corrected chi connectivity index (χ1v) is 25.1. The van der Waals surface area contributed by atoms with Crippen molar-refractivity contribution in [3.8, 4) is 28.1 Å². The maximum atomic E-state index is 17.6. The van der Waals surface area contributed by atoms with Crippen LogP contribution in [0.1, 0.15) is 54.4 Å². The minimum Gasteiger partial charge on any atom is -0.493 e. The van der Waals surface area contributed by atoms with Crippen LogP contribution in [0.2, 0.25) is 0 Å². The molecule has 0 spiro atoms. The van der Waals surface area contributed by atoms with Crippen molar-refractivity contribution < 1.29 is 29.8 Å². The van der Waals surface area contributed by atoms with Crippen molar-refractivity contribution in [3.63, 3.8) is 0 Å². The number of hydrogen-bond acceptors (Lipinski definition) is 3. The summed E-state index contributed by atoms with van der Waals surface area (Å²) in [4.78, 5) is 9.21. The Hall–Kier alpha value is -7.14. The molecule has 0 unspecified atom stereocenters. The smallest absolute Gasteiger partial charge is 0.254 e. The molecule has 4 bridgehead atoms. The van der Waals surface area contributed by atoms with Gasteiger partial charge in [-0.1, -0.05) is 156 Å². The van der Waals surface area contributed by atoms with Crippen LogP contribution in [0.3, 0.4) is 0 Å². The summed E-state index contributed by atoms with van der Waals surface area (Å²) >= 11 is 0. The summed E-state index contributed by atoms with van der Waals surface area (Å²) in [7, 11) is 0. The largest absolute Gasteiger partial charge is 0.493 e. The number of hydrogen-bond donors (Lipinski definition) is 0. The maximum Gasteiger partial charge on any atom is 0.254 e. The summed E-state index contributed by atoms with van der Waals surface area (Å²) < 4.78 is 37.2. The predicted octanol–water partition coefficient (Wildman–Crippen LogP) is 16.4. The van der Waals surface area contributed by atoms with Crippen LogP contribution < -0.4 is 9.80 Å². The SMILES string of the molecule is FC(F)(c1[c-]c(N2[CH-]N(c3c(-c4ccccc4)cccc3-c3ccccc3)c3ccccc32)ccc1)c1[c-]c2c(cc1)c1ccccc1n2-c1cc(C2(c3ccccc3)C3CC4CC(C3)CC2C4)ccn1.[Pt]. The third-order valence-corrected chi connectivity index (χ3v) is 16.5. The number of nitrogens with zero attached hydrogens (tertiary/aromatic N) is 4. The summed E-state index contributed by atoms with van der Waals surface area (Å²) in [6, 6.07) is 74.0. The van der Waals surface area contributed by atoms with Crippen LogP contribution in [0.4, 0.5) is 31.5 Å². The van der Waals surface area contributed by atoms with Crippen LogP contribution in [0.25, 0.3) is 49.9 Å². The molecule has 4 aliphatic carbocycles. The minimum absolute atomic E-state index is 0. The maximum absolute atomic E-state index is 17.6. The molecule has 8 aromatic carbocycles. The average Bonchev–Trinajstić information content (AvgIpc) is 3.97. The second-order valence-corrected chi connectivity index (χ2v) is 20.2. The Bertz CT molecular complexity index is 3560. The van der Waals surface area contributed by atoms with E-state index in [1.54, 1.807) is 6.07 Å². The number of benzene rings is 8. The fraction of sp³-hybridized carbons (Fsp3) is 0.169. The Balaban J connectivity index is 0.00000504. The Morgan fingerprint density at radius 1 is 0.528 bits per heavy atom. The van der Waals surface area contributed by atoms with Gasteiger partial charge in [-0.2, -0.15) is 36.4 Å². The van der Waals surface area contributed by atoms with Gasteiger partial charge in [0, 0.05) is 66.4 Å². The molecular weight excluding hydrogens is 1070 g/mol. The fourth-order valence-electron chi connectivity index (χ4n) is 13.8. The molecule has 4 fully saturated rings. The van der Waals surface area contributed by atoms with Crippen LogP contribution in [0.5, 0.6) is 0 Å². The molecule has 2 aromatic heterocycles. The Morgan fingerprint density at radius 3 is 1.79 bits per heavy atom. The van der Waals surface area contributed by atoms with E-state index >= 15 is 8.78 Å². The van der Waals surface area contributed by atoms with Crippen LogP contribution in [-0.2, 0) is 32.4 Å². The van der Waals surface area contributed by atoms with Crippen LogP contribution in [-0.4, -0.2) is 9.55 Å². The molecule has 4 nitrogen and oxygen atoms in total. The monoisotopic (exact) mass is 1120 g/mol. The molecule has 0 atom stereocenters. The quantitative estimate of drug-likeness (QED) is 0.135. The molecule has 356 valence electrons. The first-order chi connectivity index (χ1) is 34.9. The van der Waals surface area contributed by atoms with Crippen molar-refractivity contribution in [3.05, 3.63) is 247 Å². The predicted molar refractivity (Wildman–Crippen MR) is 282 cm³/mol. The normalized spacial score (nSPS) is 21.0. The molecule has 15 rings (SSSR count). The third kappa shape index (κ3) is 6.96. The van der Waals surface area contributed by atoms with Gasteiger partial charge in [0.2, 0.25) is 0 Å². The number of alkyl halides is 2. The molecule has 3 heterocycles. The number of para-hydroxylation sites is 4. The standard InChI is InChI=1S/C65H49F2N4.Pt/c66-65(67,49-22-14-23-53(39-49)69-42-70(60-29-13-12-28-59(60)69)63-54(45-16-4-1-5-17-45)25-15-26-55(63)46-18-6-2-7-19-46)50-30-31-57-56-24-10-11-27-58(56)71(61(57)40-50)62-41-48(32-33-68-62)64(47-20-8-3-9-21-47)51-35-43-34-44(37-51)38-52(64)36-43;/h1-33,41-44,51-52H,34-38H2;/q-3;. The minimum atomic E-state index is -3.45. The number of halogens is 2. The first-order valence-electron chi connectivity index (χ1n) is 25.1. The summed E-state index contributed by atoms with van der Waals surface area (Å²) in [5.74, 6) is -0.0295. The van der Waals surface area contributed by atoms with E-state index in [1.807, 2.05) is 72.4 Å². The Kier molecular flexibility index (Phi) is 10.9. The first kappa shape index (κ1) is 44.8. The number of fused-ring (bicyclic) bond motifs is 4. The summed E-state index contributed by atoms with van der Waals surface area (Å²) in [5, 5.41) is 1.82. The molecule has 0 radical (unpaired) electrons. The van der Waals surface area contributed by atoms with E-state index in [4.69, 9.17) is 4.98 Å². The van der Waals surface area contributed by atoms with E-state index in [-0.39, 0.29) is 37.6 Å². The molecule has 7 heteroatoms. The molecule has 1 aliphatic heterocycles. The third-order valence-electron chi connectivity index (χ3n) is 16.5. The second-order valence-electron chi connectivity index (χ2n) is 20.2. The molecule has 10 aromatic rings. The number of anilines is 4. The Morgan fingerprint density at radius 2 is 1.11 bits per heavy atom. The van der Waals surface area contributed by atoms with Gasteiger partial charge in [-0.3, -0.25) is 0 Å². The van der Waals surface area contributed by atoms with Crippen molar-refractivity contribution in [2.45, 2.75) is 43.4 Å². The van der Waals surface area contributed by atoms with Crippen LogP contribution in [0.15, 0.2) is 206 Å². The van der Waals surface area contributed by atoms with E-state index in [2.05, 4.69) is 149 Å². The molecule has 72 heavy (non-hydrogen) atoms. The van der Waals surface area contributed by atoms with Gasteiger partial charge in [-0.25, -0.2) is 13.8 Å². The summed E-state index contributed by atoms with van der Waals surface area (Å²) in [6.07, 6.45) is 8.30. The van der Waals surface area contributed by atoms with E-state index in [0.29, 0.717) is 23.0 Å². The zero-order chi connectivity index (χ0) is 47.3. The van der Waals surface area contributed by atoms with Crippen molar-refractivity contribution in [2.24, 2.45) is 23.7 Å². The fourth-order valence-corrected chi connectivity index (χ4v) is 13.8. The van der Waals surface area contributed by atoms with Crippen LogP contribution >= 0.6 is 0 Å². The molecular formula is C65H49F2N4Pt-3. The summed E-state index contributed by atoms with van der Waals surface area (Å²) in [5.41, 5.74) is 11.1. The van der Waals surface area contributed by atoms with Crippen molar-refractivity contribution in [1.29, 1.82) is 0 Å². The second kappa shape index (κ2) is 17.6. The number of rotatable bonds is 9. The number of pyridine rings is 1. The van der Waals surface area contributed by atoms with E-state index < -0.39 is 5.92 Å². The van der Waals surface area contributed by atoms with Gasteiger partial charge >= 0.3 is 0 Å². The average molecular weight is 1120 g/mol. The van der Waals surface area contributed by atoms with Gasteiger partial charge in [-0.15, -0.1) is 23.8 Å². The molecule has 5 aliphatic rings. The van der Waals surface area contributed by atoms with Crippen molar-refractivity contribution in [2.75, 3.05) is 9.80 Å². The Labute approximate surface area is 433 Å². The topological polar surface area (TPSA) is 24.3 Å². The number of aromatic nitrogens is 2. The van der Waals surface area contributed by atoms with E-state index in [9.17, 15) is 0 Å². The van der Waals surface area contributed by atoms with E-state index in [1.165, 1.54) is 55.4 Å². The van der Waals surface area contributed by atoms with Gasteiger partial charge in [0.05, 0.1) is 0 Å². The molecule has 0 amide bonds. The van der Waals surface area contributed by atoms with Gasteiger partial charge in [0.25, 0.3) is 5.92 Å². The molecule has 0 saturated heterocycles. The van der Waals surface area contributed by atoms with Crippen LogP contribution in [0, 0.1) is 42.5 Å². The van der Waals surface area contributed by atoms with Crippen molar-refractivity contribution >= 4 is 44.6 Å². The van der Waals surface area contributed by atoms with Gasteiger partial charge < -0.3 is 14.4 Å². The zero-order valence-corrected chi connectivity index (χ0v) is 41.7. The zero-order valence-electron chi connectivity index (χ0n) is 39.4.